The first-order valence-electron chi connectivity index (χ1n) is 9.97. The molecule has 1 aromatic heterocycles. The molecular formula is C22H30N4O. The summed E-state index contributed by atoms with van der Waals surface area (Å²) in [6.45, 7) is 9.21. The molecule has 1 atom stereocenters. The van der Waals surface area contributed by atoms with Crippen LogP contribution in [0.3, 0.4) is 0 Å². The van der Waals surface area contributed by atoms with Gasteiger partial charge in [-0.1, -0.05) is 38.1 Å². The molecule has 1 aromatic carbocycles. The van der Waals surface area contributed by atoms with Crippen LogP contribution in [-0.4, -0.2) is 40.4 Å². The van der Waals surface area contributed by atoms with Gasteiger partial charge in [0, 0.05) is 25.4 Å². The number of likely N-dealkylation sites (tertiary alicyclic amines) is 1. The fourth-order valence-electron chi connectivity index (χ4n) is 3.68. The highest BCUT2D eigenvalue weighted by molar-refractivity contribution is 5.93. The minimum atomic E-state index is -0.110. The number of hydrogen-bond acceptors (Lipinski definition) is 4. The zero-order chi connectivity index (χ0) is 19.2. The molecule has 2 aromatic rings. The summed E-state index contributed by atoms with van der Waals surface area (Å²) in [5.74, 6) is 1.43. The number of piperidine rings is 1. The average molecular weight is 367 g/mol. The fourth-order valence-corrected chi connectivity index (χ4v) is 3.68. The molecule has 1 fully saturated rings. The van der Waals surface area contributed by atoms with Crippen molar-refractivity contribution in [3.63, 3.8) is 0 Å². The van der Waals surface area contributed by atoms with Gasteiger partial charge in [0.1, 0.15) is 5.82 Å². The molecule has 5 nitrogen and oxygen atoms in total. The standard InChI is InChI=1S/C22H30N4O/c1-4-21-23-13-18(14-24-21)22(27)25-15-20(19-8-6-5-7-17(19)3)26-11-9-16(2)10-12-26/h5-8,13-14,16,20H,4,9-12,15H2,1-3H3,(H,25,27)/t20-/m0/s1. The first-order valence-corrected chi connectivity index (χ1v) is 9.97. The zero-order valence-electron chi connectivity index (χ0n) is 16.6. The van der Waals surface area contributed by atoms with Gasteiger partial charge in [0.15, 0.2) is 0 Å². The zero-order valence-corrected chi connectivity index (χ0v) is 16.6. The van der Waals surface area contributed by atoms with E-state index in [2.05, 4.69) is 58.3 Å². The molecule has 0 bridgehead atoms. The highest BCUT2D eigenvalue weighted by Crippen LogP contribution is 2.28. The first-order chi connectivity index (χ1) is 13.1. The van der Waals surface area contributed by atoms with Crippen LogP contribution in [0.5, 0.6) is 0 Å². The van der Waals surface area contributed by atoms with E-state index in [1.807, 2.05) is 6.92 Å². The quantitative estimate of drug-likeness (QED) is 0.849. The van der Waals surface area contributed by atoms with Crippen LogP contribution in [0.15, 0.2) is 36.7 Å². The molecule has 0 saturated carbocycles. The van der Waals surface area contributed by atoms with Crippen LogP contribution in [0, 0.1) is 12.8 Å². The van der Waals surface area contributed by atoms with Crippen molar-refractivity contribution in [1.29, 1.82) is 0 Å². The van der Waals surface area contributed by atoms with E-state index in [1.165, 1.54) is 24.0 Å². The minimum Gasteiger partial charge on any atom is -0.350 e. The number of nitrogens with zero attached hydrogens (tertiary/aromatic N) is 3. The van der Waals surface area contributed by atoms with E-state index in [9.17, 15) is 4.79 Å². The van der Waals surface area contributed by atoms with Gasteiger partial charge >= 0.3 is 0 Å². The van der Waals surface area contributed by atoms with Gasteiger partial charge in [-0.25, -0.2) is 9.97 Å². The lowest BCUT2D eigenvalue weighted by atomic mass is 9.94. The van der Waals surface area contributed by atoms with E-state index in [4.69, 9.17) is 0 Å². The summed E-state index contributed by atoms with van der Waals surface area (Å²) in [6, 6.07) is 8.68. The topological polar surface area (TPSA) is 58.1 Å². The first kappa shape index (κ1) is 19.5. The molecule has 144 valence electrons. The Bertz CT molecular complexity index is 751. The largest absolute Gasteiger partial charge is 0.350 e. The maximum atomic E-state index is 12.6. The molecule has 0 unspecified atom stereocenters. The van der Waals surface area contributed by atoms with Crippen LogP contribution in [0.1, 0.15) is 60.0 Å². The maximum absolute atomic E-state index is 12.6. The lowest BCUT2D eigenvalue weighted by Gasteiger charge is -2.37. The Morgan fingerprint density at radius 2 is 1.89 bits per heavy atom. The van der Waals surface area contributed by atoms with Crippen molar-refractivity contribution in [2.45, 2.75) is 46.1 Å². The molecule has 0 aliphatic carbocycles. The smallest absolute Gasteiger partial charge is 0.254 e. The Balaban J connectivity index is 1.73. The van der Waals surface area contributed by atoms with E-state index in [1.54, 1.807) is 12.4 Å². The van der Waals surface area contributed by atoms with Crippen molar-refractivity contribution in [3.05, 3.63) is 59.2 Å². The predicted molar refractivity (Wildman–Crippen MR) is 108 cm³/mol. The van der Waals surface area contributed by atoms with Gasteiger partial charge in [-0.15, -0.1) is 0 Å². The monoisotopic (exact) mass is 366 g/mol. The highest BCUT2D eigenvalue weighted by Gasteiger charge is 2.26. The van der Waals surface area contributed by atoms with Crippen LogP contribution in [-0.2, 0) is 6.42 Å². The molecule has 1 amide bonds. The molecule has 27 heavy (non-hydrogen) atoms. The number of aromatic nitrogens is 2. The van der Waals surface area contributed by atoms with E-state index in [0.717, 1.165) is 31.3 Å². The predicted octanol–water partition coefficient (Wildman–Crippen LogP) is 3.55. The summed E-state index contributed by atoms with van der Waals surface area (Å²) in [5.41, 5.74) is 3.08. The van der Waals surface area contributed by atoms with E-state index in [-0.39, 0.29) is 11.9 Å². The second-order valence-electron chi connectivity index (χ2n) is 7.54. The molecular weight excluding hydrogens is 336 g/mol. The Morgan fingerprint density at radius 3 is 2.52 bits per heavy atom. The summed E-state index contributed by atoms with van der Waals surface area (Å²) in [7, 11) is 0. The van der Waals surface area contributed by atoms with Crippen molar-refractivity contribution in [1.82, 2.24) is 20.2 Å². The molecule has 2 heterocycles. The SMILES string of the molecule is CCc1ncc(C(=O)NC[C@@H](c2ccccc2C)N2CCC(C)CC2)cn1. The number of aryl methyl sites for hydroxylation is 2. The third-order valence-corrected chi connectivity index (χ3v) is 5.55. The van der Waals surface area contributed by atoms with E-state index >= 15 is 0 Å². The number of rotatable bonds is 6. The van der Waals surface area contributed by atoms with Gasteiger partial charge in [-0.05, 0) is 49.9 Å². The molecule has 1 aliphatic rings. The molecule has 1 aliphatic heterocycles. The van der Waals surface area contributed by atoms with Gasteiger partial charge in [0.2, 0.25) is 0 Å². The number of hydrogen-bond donors (Lipinski definition) is 1. The normalized spacial score (nSPS) is 16.9. The number of carbonyl (C=O) groups is 1. The van der Waals surface area contributed by atoms with Crippen LogP contribution in [0.4, 0.5) is 0 Å². The second kappa shape index (κ2) is 9.09. The van der Waals surface area contributed by atoms with E-state index in [0.29, 0.717) is 12.1 Å². The number of nitrogens with one attached hydrogen (secondary N) is 1. The lowest BCUT2D eigenvalue weighted by Crippen LogP contribution is -2.42. The fraction of sp³-hybridized carbons (Fsp3) is 0.500. The Hall–Kier alpha value is -2.27. The van der Waals surface area contributed by atoms with Gasteiger partial charge in [-0.2, -0.15) is 0 Å². The second-order valence-corrected chi connectivity index (χ2v) is 7.54. The third kappa shape index (κ3) is 4.92. The van der Waals surface area contributed by atoms with Crippen LogP contribution < -0.4 is 5.32 Å². The summed E-state index contributed by atoms with van der Waals surface area (Å²) in [6.07, 6.45) is 6.43. The van der Waals surface area contributed by atoms with Crippen LogP contribution >= 0.6 is 0 Å². The molecule has 0 spiro atoms. The molecule has 1 N–H and O–H groups in total. The summed E-state index contributed by atoms with van der Waals surface area (Å²) >= 11 is 0. The number of carbonyl (C=O) groups excluding carboxylic acids is 1. The van der Waals surface area contributed by atoms with Crippen molar-refractivity contribution in [2.24, 2.45) is 5.92 Å². The summed E-state index contributed by atoms with van der Waals surface area (Å²) < 4.78 is 0. The minimum absolute atomic E-state index is 0.110. The van der Waals surface area contributed by atoms with Gasteiger partial charge in [0.25, 0.3) is 5.91 Å². The highest BCUT2D eigenvalue weighted by atomic mass is 16.1. The Morgan fingerprint density at radius 1 is 1.22 bits per heavy atom. The van der Waals surface area contributed by atoms with Crippen LogP contribution in [0.25, 0.3) is 0 Å². The third-order valence-electron chi connectivity index (χ3n) is 5.55. The van der Waals surface area contributed by atoms with Gasteiger partial charge in [-0.3, -0.25) is 9.69 Å². The Labute approximate surface area is 162 Å². The Kier molecular flexibility index (Phi) is 6.56. The van der Waals surface area contributed by atoms with Gasteiger partial charge < -0.3 is 5.32 Å². The molecule has 1 saturated heterocycles. The average Bonchev–Trinajstić information content (AvgIpc) is 2.70. The van der Waals surface area contributed by atoms with E-state index < -0.39 is 0 Å². The molecule has 5 heteroatoms. The molecule has 0 radical (unpaired) electrons. The molecule has 3 rings (SSSR count). The number of amides is 1. The van der Waals surface area contributed by atoms with Crippen molar-refractivity contribution < 1.29 is 4.79 Å². The number of benzene rings is 1. The van der Waals surface area contributed by atoms with Crippen LogP contribution in [0.2, 0.25) is 0 Å². The van der Waals surface area contributed by atoms with Crippen molar-refractivity contribution >= 4 is 5.91 Å². The van der Waals surface area contributed by atoms with Gasteiger partial charge in [0.05, 0.1) is 11.6 Å². The van der Waals surface area contributed by atoms with Crippen molar-refractivity contribution in [3.8, 4) is 0 Å². The van der Waals surface area contributed by atoms with Crippen molar-refractivity contribution in [2.75, 3.05) is 19.6 Å². The lowest BCUT2D eigenvalue weighted by molar-refractivity contribution is 0.0911. The maximum Gasteiger partial charge on any atom is 0.254 e. The summed E-state index contributed by atoms with van der Waals surface area (Å²) in [4.78, 5) is 23.6. The summed E-state index contributed by atoms with van der Waals surface area (Å²) in [5, 5.41) is 3.11.